The summed E-state index contributed by atoms with van der Waals surface area (Å²) in [6, 6.07) is 0. The number of thioether (sulfide) groups is 1. The van der Waals surface area contributed by atoms with Crippen molar-refractivity contribution in [1.82, 2.24) is 20.8 Å². The van der Waals surface area contributed by atoms with E-state index in [0.29, 0.717) is 5.96 Å². The highest BCUT2D eigenvalue weighted by Crippen LogP contribution is 2.11. The second kappa shape index (κ2) is 9.69. The van der Waals surface area contributed by atoms with Crippen LogP contribution in [-0.4, -0.2) is 40.0 Å². The zero-order valence-corrected chi connectivity index (χ0v) is 12.4. The monoisotopic (exact) mass is 285 g/mol. The number of nitrogens with one attached hydrogen (secondary N) is 3. The average molecular weight is 285 g/mol. The van der Waals surface area contributed by atoms with E-state index in [-0.39, 0.29) is 0 Å². The number of imidazole rings is 1. The molecule has 0 aliphatic rings. The van der Waals surface area contributed by atoms with Crippen LogP contribution in [0, 0.1) is 6.92 Å². The van der Waals surface area contributed by atoms with Crippen LogP contribution in [0.5, 0.6) is 0 Å². The summed E-state index contributed by atoms with van der Waals surface area (Å²) in [4.78, 5) is 11.5. The van der Waals surface area contributed by atoms with E-state index in [1.807, 2.05) is 6.92 Å². The van der Waals surface area contributed by atoms with E-state index in [4.69, 9.17) is 5.21 Å². The third-order valence-electron chi connectivity index (χ3n) is 2.60. The summed E-state index contributed by atoms with van der Waals surface area (Å²) >= 11 is 1.80. The molecule has 0 aliphatic carbocycles. The third-order valence-corrected chi connectivity index (χ3v) is 3.57. The molecule has 7 heteroatoms. The molecule has 0 unspecified atom stereocenters. The maximum atomic E-state index is 8.90. The lowest BCUT2D eigenvalue weighted by Crippen LogP contribution is -2.36. The van der Waals surface area contributed by atoms with Gasteiger partial charge < -0.3 is 10.3 Å². The molecule has 0 saturated carbocycles. The maximum absolute atomic E-state index is 8.90. The Hall–Kier alpha value is -1.21. The number of unbranched alkanes of at least 4 members (excludes halogenated alkanes) is 1. The summed E-state index contributed by atoms with van der Waals surface area (Å²) in [7, 11) is 0. The lowest BCUT2D eigenvalue weighted by atomic mass is 10.3. The minimum absolute atomic E-state index is 0.449. The lowest BCUT2D eigenvalue weighted by molar-refractivity contribution is 0.229. The molecule has 0 fully saturated rings. The molecule has 1 heterocycles. The lowest BCUT2D eigenvalue weighted by Gasteiger charge is -2.08. The standard InChI is InChI=1S/C12H23N5OS/c1-3-4-5-13-12(17-18)14-6-7-19-8-11-10(2)15-9-16-11/h9,18H,3-8H2,1-2H3,(H,15,16)(H2,13,14,17). The maximum Gasteiger partial charge on any atom is 0.215 e. The summed E-state index contributed by atoms with van der Waals surface area (Å²) in [5.41, 5.74) is 4.31. The fourth-order valence-electron chi connectivity index (χ4n) is 1.42. The van der Waals surface area contributed by atoms with Gasteiger partial charge in [0.1, 0.15) is 0 Å². The number of aromatic nitrogens is 2. The fraction of sp³-hybridized carbons (Fsp3) is 0.667. The Bertz CT molecular complexity index is 380. The molecular formula is C12H23N5OS. The van der Waals surface area contributed by atoms with Gasteiger partial charge in [-0.25, -0.2) is 10.5 Å². The van der Waals surface area contributed by atoms with Gasteiger partial charge in [0.15, 0.2) is 0 Å². The molecule has 0 aromatic carbocycles. The zero-order chi connectivity index (χ0) is 13.9. The number of aliphatic imine (C=N–C) groups is 1. The number of aromatic amines is 1. The number of hydrogen-bond donors (Lipinski definition) is 4. The molecule has 19 heavy (non-hydrogen) atoms. The predicted molar refractivity (Wildman–Crippen MR) is 79.6 cm³/mol. The van der Waals surface area contributed by atoms with E-state index in [2.05, 4.69) is 32.7 Å². The van der Waals surface area contributed by atoms with Crippen LogP contribution in [0.25, 0.3) is 0 Å². The normalized spacial score (nSPS) is 11.6. The third kappa shape index (κ3) is 6.49. The number of hydroxylamine groups is 1. The zero-order valence-electron chi connectivity index (χ0n) is 11.6. The number of H-pyrrole nitrogens is 1. The Morgan fingerprint density at radius 2 is 2.42 bits per heavy atom. The highest BCUT2D eigenvalue weighted by atomic mass is 32.2. The van der Waals surface area contributed by atoms with E-state index >= 15 is 0 Å². The van der Waals surface area contributed by atoms with Gasteiger partial charge in [0, 0.05) is 30.3 Å². The Morgan fingerprint density at radius 3 is 3.05 bits per heavy atom. The molecule has 0 atom stereocenters. The fourth-order valence-corrected chi connectivity index (χ4v) is 2.30. The van der Waals surface area contributed by atoms with Crippen LogP contribution in [0.15, 0.2) is 11.3 Å². The van der Waals surface area contributed by atoms with Gasteiger partial charge in [-0.15, -0.1) is 0 Å². The minimum atomic E-state index is 0.449. The Kier molecular flexibility index (Phi) is 8.08. The van der Waals surface area contributed by atoms with Crippen molar-refractivity contribution in [2.75, 3.05) is 18.8 Å². The molecule has 0 aliphatic heterocycles. The van der Waals surface area contributed by atoms with E-state index in [0.717, 1.165) is 48.8 Å². The van der Waals surface area contributed by atoms with Gasteiger partial charge in [0.25, 0.3) is 0 Å². The van der Waals surface area contributed by atoms with Crippen molar-refractivity contribution in [3.8, 4) is 0 Å². The number of nitrogens with zero attached hydrogens (tertiary/aromatic N) is 2. The highest BCUT2D eigenvalue weighted by molar-refractivity contribution is 7.98. The Balaban J connectivity index is 2.12. The van der Waals surface area contributed by atoms with Crippen LogP contribution < -0.4 is 10.8 Å². The first-order valence-electron chi connectivity index (χ1n) is 6.53. The summed E-state index contributed by atoms with van der Waals surface area (Å²) in [6.07, 6.45) is 3.85. The summed E-state index contributed by atoms with van der Waals surface area (Å²) in [5, 5.41) is 12.0. The first-order chi connectivity index (χ1) is 9.27. The quantitative estimate of drug-likeness (QED) is 0.253. The van der Waals surface area contributed by atoms with Crippen molar-refractivity contribution in [1.29, 1.82) is 0 Å². The molecule has 6 nitrogen and oxygen atoms in total. The molecule has 0 amide bonds. The molecule has 0 radical (unpaired) electrons. The van der Waals surface area contributed by atoms with Crippen molar-refractivity contribution < 1.29 is 5.21 Å². The Morgan fingerprint density at radius 1 is 1.58 bits per heavy atom. The largest absolute Gasteiger partial charge is 0.354 e. The van der Waals surface area contributed by atoms with Crippen LogP contribution in [0.4, 0.5) is 0 Å². The molecule has 0 saturated heterocycles. The van der Waals surface area contributed by atoms with Crippen LogP contribution in [0.2, 0.25) is 0 Å². The number of hydrogen-bond acceptors (Lipinski definition) is 4. The van der Waals surface area contributed by atoms with Crippen LogP contribution in [0.1, 0.15) is 31.2 Å². The van der Waals surface area contributed by atoms with E-state index in [9.17, 15) is 0 Å². The van der Waals surface area contributed by atoms with E-state index in [1.165, 1.54) is 0 Å². The van der Waals surface area contributed by atoms with Gasteiger partial charge in [-0.05, 0) is 13.3 Å². The Labute approximate surface area is 118 Å². The topological polar surface area (TPSA) is 85.3 Å². The first-order valence-corrected chi connectivity index (χ1v) is 7.68. The molecule has 1 aromatic rings. The van der Waals surface area contributed by atoms with E-state index in [1.54, 1.807) is 18.1 Å². The molecule has 108 valence electrons. The van der Waals surface area contributed by atoms with Crippen LogP contribution in [0.3, 0.4) is 0 Å². The second-order valence-electron chi connectivity index (χ2n) is 4.15. The first kappa shape index (κ1) is 15.8. The van der Waals surface area contributed by atoms with Crippen molar-refractivity contribution in [3.05, 3.63) is 17.7 Å². The van der Waals surface area contributed by atoms with Crippen LogP contribution >= 0.6 is 11.8 Å². The van der Waals surface area contributed by atoms with Gasteiger partial charge in [0.05, 0.1) is 12.0 Å². The summed E-state index contributed by atoms with van der Waals surface area (Å²) in [6.45, 7) is 5.62. The van der Waals surface area contributed by atoms with Gasteiger partial charge in [-0.2, -0.15) is 11.8 Å². The summed E-state index contributed by atoms with van der Waals surface area (Å²) in [5.74, 6) is 2.28. The van der Waals surface area contributed by atoms with Crippen LogP contribution in [-0.2, 0) is 5.75 Å². The number of rotatable bonds is 8. The smallest absolute Gasteiger partial charge is 0.215 e. The number of guanidine groups is 1. The highest BCUT2D eigenvalue weighted by Gasteiger charge is 2.01. The van der Waals surface area contributed by atoms with Gasteiger partial charge in [-0.3, -0.25) is 10.2 Å². The van der Waals surface area contributed by atoms with Crippen molar-refractivity contribution in [2.45, 2.75) is 32.4 Å². The minimum Gasteiger partial charge on any atom is -0.354 e. The molecule has 1 rings (SSSR count). The van der Waals surface area contributed by atoms with E-state index < -0.39 is 0 Å². The van der Waals surface area contributed by atoms with Gasteiger partial charge >= 0.3 is 0 Å². The molecule has 0 bridgehead atoms. The average Bonchev–Trinajstić information content (AvgIpc) is 2.82. The molecule has 4 N–H and O–H groups in total. The second-order valence-corrected chi connectivity index (χ2v) is 5.25. The predicted octanol–water partition coefficient (Wildman–Crippen LogP) is 1.68. The molecule has 0 spiro atoms. The van der Waals surface area contributed by atoms with Gasteiger partial charge in [-0.1, -0.05) is 13.3 Å². The SMILES string of the molecule is CCCCN=C(NO)NCCSCc1nc[nH]c1C. The van der Waals surface area contributed by atoms with Crippen molar-refractivity contribution in [3.63, 3.8) is 0 Å². The van der Waals surface area contributed by atoms with Crippen molar-refractivity contribution in [2.24, 2.45) is 4.99 Å². The number of aryl methyl sites for hydroxylation is 1. The molecular weight excluding hydrogens is 262 g/mol. The summed E-state index contributed by atoms with van der Waals surface area (Å²) < 4.78 is 0. The molecule has 1 aromatic heterocycles. The van der Waals surface area contributed by atoms with Crippen molar-refractivity contribution >= 4 is 17.7 Å². The van der Waals surface area contributed by atoms with Gasteiger partial charge in [0.2, 0.25) is 5.96 Å².